The molecule has 1 aromatic heterocycles. The van der Waals surface area contributed by atoms with Crippen molar-refractivity contribution in [2.45, 2.75) is 6.42 Å². The zero-order chi connectivity index (χ0) is 9.14. The van der Waals surface area contributed by atoms with E-state index in [1.54, 1.807) is 0 Å². The van der Waals surface area contributed by atoms with E-state index in [0.717, 1.165) is 0 Å². The first-order chi connectivity index (χ1) is 5.65. The van der Waals surface area contributed by atoms with Gasteiger partial charge >= 0.3 is 5.97 Å². The summed E-state index contributed by atoms with van der Waals surface area (Å²) in [6.45, 7) is -0.108. The van der Waals surface area contributed by atoms with Crippen LogP contribution in [-0.2, 0) is 6.42 Å². The minimum atomic E-state index is -1.08. The van der Waals surface area contributed by atoms with Gasteiger partial charge in [0, 0.05) is 13.0 Å². The Bertz CT molecular complexity index is 341. The van der Waals surface area contributed by atoms with Crippen molar-refractivity contribution in [3.05, 3.63) is 16.2 Å². The summed E-state index contributed by atoms with van der Waals surface area (Å²) in [5, 5.41) is 17.2. The smallest absolute Gasteiger partial charge is 0.354 e. The molecule has 0 spiro atoms. The maximum absolute atomic E-state index is 10.5. The second kappa shape index (κ2) is 3.51. The second-order valence-corrected chi connectivity index (χ2v) is 2.62. The summed E-state index contributed by atoms with van der Waals surface area (Å²) in [5.74, 6) is -1.08. The fourth-order valence-electron chi connectivity index (χ4n) is 0.902. The van der Waals surface area contributed by atoms with Crippen LogP contribution in [0.3, 0.4) is 0 Å². The molecule has 0 unspecified atom stereocenters. The molecule has 0 aliphatic carbocycles. The Hall–Kier alpha value is -1.14. The van der Waals surface area contributed by atoms with E-state index in [4.69, 9.17) is 22.4 Å². The van der Waals surface area contributed by atoms with E-state index in [9.17, 15) is 4.79 Å². The molecule has 0 aliphatic heterocycles. The van der Waals surface area contributed by atoms with E-state index in [0.29, 0.717) is 5.69 Å². The van der Waals surface area contributed by atoms with E-state index in [-0.39, 0.29) is 23.5 Å². The van der Waals surface area contributed by atoms with Crippen LogP contribution in [0.4, 0.5) is 0 Å². The van der Waals surface area contributed by atoms with Crippen molar-refractivity contribution in [3.63, 3.8) is 0 Å². The molecule has 0 fully saturated rings. The van der Waals surface area contributed by atoms with Crippen LogP contribution >= 0.6 is 12.2 Å². The molecule has 0 saturated carbocycles. The third-order valence-electron chi connectivity index (χ3n) is 1.38. The van der Waals surface area contributed by atoms with Crippen molar-refractivity contribution in [2.75, 3.05) is 6.61 Å². The average Bonchev–Trinajstić information content (AvgIpc) is 2.32. The number of nitrogens with one attached hydrogen (secondary N) is 2. The lowest BCUT2D eigenvalue weighted by molar-refractivity contribution is 0.0689. The number of hydrogen-bond donors (Lipinski definition) is 4. The number of aliphatic hydroxyl groups is 1. The van der Waals surface area contributed by atoms with Gasteiger partial charge in [0.1, 0.15) is 5.69 Å². The van der Waals surface area contributed by atoms with E-state index in [2.05, 4.69) is 9.97 Å². The standard InChI is InChI=1S/C6H8N2O3S/c9-2-1-3-4(5(10)11)8-6(12)7-3/h9H,1-2H2,(H,10,11)(H2,7,8,12). The number of aromatic amines is 2. The van der Waals surface area contributed by atoms with E-state index < -0.39 is 5.97 Å². The molecular formula is C6H8N2O3S. The van der Waals surface area contributed by atoms with E-state index in [1.165, 1.54) is 0 Å². The molecule has 1 heterocycles. The molecule has 0 aliphatic rings. The number of rotatable bonds is 3. The Morgan fingerprint density at radius 2 is 2.17 bits per heavy atom. The van der Waals surface area contributed by atoms with Gasteiger partial charge < -0.3 is 20.2 Å². The number of carbonyl (C=O) groups is 1. The number of H-pyrrole nitrogens is 2. The van der Waals surface area contributed by atoms with Crippen LogP contribution in [-0.4, -0.2) is 32.8 Å². The molecule has 0 radical (unpaired) electrons. The normalized spacial score (nSPS) is 10.1. The SMILES string of the molecule is O=C(O)c1[nH]c(=S)[nH]c1CCO. The highest BCUT2D eigenvalue weighted by Crippen LogP contribution is 2.04. The summed E-state index contributed by atoms with van der Waals surface area (Å²) >= 11 is 4.70. The van der Waals surface area contributed by atoms with Gasteiger partial charge in [-0.3, -0.25) is 0 Å². The Kier molecular flexibility index (Phi) is 2.61. The van der Waals surface area contributed by atoms with Gasteiger partial charge in [0.25, 0.3) is 0 Å². The van der Waals surface area contributed by atoms with Gasteiger partial charge in [-0.05, 0) is 12.2 Å². The van der Waals surface area contributed by atoms with Crippen LogP contribution < -0.4 is 0 Å². The molecule has 66 valence electrons. The van der Waals surface area contributed by atoms with E-state index in [1.807, 2.05) is 0 Å². The van der Waals surface area contributed by atoms with Crippen LogP contribution in [0.5, 0.6) is 0 Å². The highest BCUT2D eigenvalue weighted by atomic mass is 32.1. The fourth-order valence-corrected chi connectivity index (χ4v) is 1.13. The summed E-state index contributed by atoms with van der Waals surface area (Å²) in [7, 11) is 0. The quantitative estimate of drug-likeness (QED) is 0.514. The van der Waals surface area contributed by atoms with Crippen molar-refractivity contribution in [2.24, 2.45) is 0 Å². The van der Waals surface area contributed by atoms with Gasteiger partial charge in [0.05, 0.1) is 5.69 Å². The molecule has 0 amide bonds. The van der Waals surface area contributed by atoms with Gasteiger partial charge in [0.15, 0.2) is 4.77 Å². The molecule has 4 N–H and O–H groups in total. The van der Waals surface area contributed by atoms with Gasteiger partial charge in [-0.15, -0.1) is 0 Å². The summed E-state index contributed by atoms with van der Waals surface area (Å²) in [6.07, 6.45) is 0.259. The van der Waals surface area contributed by atoms with Crippen molar-refractivity contribution in [1.82, 2.24) is 9.97 Å². The maximum atomic E-state index is 10.5. The third kappa shape index (κ3) is 1.72. The minimum Gasteiger partial charge on any atom is -0.477 e. The molecule has 12 heavy (non-hydrogen) atoms. The van der Waals surface area contributed by atoms with E-state index >= 15 is 0 Å². The number of aromatic nitrogens is 2. The monoisotopic (exact) mass is 188 g/mol. The topological polar surface area (TPSA) is 89.1 Å². The van der Waals surface area contributed by atoms with Gasteiger partial charge in [-0.2, -0.15) is 0 Å². The molecule has 0 atom stereocenters. The molecule has 0 bridgehead atoms. The summed E-state index contributed by atoms with van der Waals surface area (Å²) in [6, 6.07) is 0. The number of imidazole rings is 1. The first kappa shape index (κ1) is 8.95. The largest absolute Gasteiger partial charge is 0.477 e. The van der Waals surface area contributed by atoms with Gasteiger partial charge in [0.2, 0.25) is 0 Å². The molecular weight excluding hydrogens is 180 g/mol. The summed E-state index contributed by atoms with van der Waals surface area (Å²) in [5.41, 5.74) is 0.448. The molecule has 6 heteroatoms. The van der Waals surface area contributed by atoms with Crippen molar-refractivity contribution >= 4 is 18.2 Å². The Morgan fingerprint density at radius 1 is 1.50 bits per heavy atom. The zero-order valence-corrected chi connectivity index (χ0v) is 6.94. The predicted octanol–water partition coefficient (Wildman–Crippen LogP) is 0.305. The molecule has 1 rings (SSSR count). The third-order valence-corrected chi connectivity index (χ3v) is 1.58. The van der Waals surface area contributed by atoms with Crippen molar-refractivity contribution in [3.8, 4) is 0 Å². The molecule has 0 aromatic carbocycles. The van der Waals surface area contributed by atoms with Gasteiger partial charge in [-0.25, -0.2) is 4.79 Å². The Morgan fingerprint density at radius 3 is 2.67 bits per heavy atom. The fraction of sp³-hybridized carbons (Fsp3) is 0.333. The lowest BCUT2D eigenvalue weighted by atomic mass is 10.2. The van der Waals surface area contributed by atoms with Gasteiger partial charge in [-0.1, -0.05) is 0 Å². The van der Waals surface area contributed by atoms with Crippen molar-refractivity contribution < 1.29 is 15.0 Å². The number of carboxylic acid groups (broad SMARTS) is 1. The lowest BCUT2D eigenvalue weighted by Gasteiger charge is -1.94. The van der Waals surface area contributed by atoms with Crippen molar-refractivity contribution in [1.29, 1.82) is 0 Å². The molecule has 5 nitrogen and oxygen atoms in total. The van der Waals surface area contributed by atoms with Crippen LogP contribution in [0.1, 0.15) is 16.2 Å². The predicted molar refractivity (Wildman–Crippen MR) is 43.7 cm³/mol. The van der Waals surface area contributed by atoms with Crippen LogP contribution in [0.25, 0.3) is 0 Å². The minimum absolute atomic E-state index is 0.0223. The highest BCUT2D eigenvalue weighted by molar-refractivity contribution is 7.71. The number of hydrogen-bond acceptors (Lipinski definition) is 3. The average molecular weight is 188 g/mol. The number of aliphatic hydroxyl groups excluding tert-OH is 1. The molecule has 0 saturated heterocycles. The number of carboxylic acids is 1. The van der Waals surface area contributed by atoms with Crippen LogP contribution in [0.2, 0.25) is 0 Å². The first-order valence-electron chi connectivity index (χ1n) is 3.30. The zero-order valence-electron chi connectivity index (χ0n) is 6.13. The first-order valence-corrected chi connectivity index (χ1v) is 3.71. The van der Waals surface area contributed by atoms with Crippen LogP contribution in [0.15, 0.2) is 0 Å². The Balaban J connectivity index is 3.08. The summed E-state index contributed by atoms with van der Waals surface area (Å²) in [4.78, 5) is 15.7. The summed E-state index contributed by atoms with van der Waals surface area (Å²) < 4.78 is 0.260. The second-order valence-electron chi connectivity index (χ2n) is 2.21. The highest BCUT2D eigenvalue weighted by Gasteiger charge is 2.11. The molecule has 1 aromatic rings. The lowest BCUT2D eigenvalue weighted by Crippen LogP contribution is -2.03. The maximum Gasteiger partial charge on any atom is 0.354 e. The Labute approximate surface area is 73.1 Å². The number of aromatic carboxylic acids is 1. The van der Waals surface area contributed by atoms with Crippen LogP contribution in [0, 0.1) is 4.77 Å².